The summed E-state index contributed by atoms with van der Waals surface area (Å²) in [5.41, 5.74) is 1.05. The Hall–Kier alpha value is 0.620. The first-order chi connectivity index (χ1) is 7.58. The van der Waals surface area contributed by atoms with Gasteiger partial charge in [0.15, 0.2) is 0 Å². The Bertz CT molecular complexity index is 356. The molecular formula is C12H16Br2OS. The molecule has 1 aromatic rings. The molecular weight excluding hydrogens is 352 g/mol. The lowest BCUT2D eigenvalue weighted by Gasteiger charge is -2.29. The summed E-state index contributed by atoms with van der Waals surface area (Å²) in [6.07, 6.45) is 4.52. The standard InChI is InChI=1S/C12H16Br2OS/c1-7-2-4-8(5-3-7)11(15)9-6-10(13)16-12(9)14/h6-8,11,15H,2-5H2,1H3. The molecule has 0 spiro atoms. The van der Waals surface area contributed by atoms with Crippen molar-refractivity contribution in [2.24, 2.45) is 11.8 Å². The van der Waals surface area contributed by atoms with Gasteiger partial charge in [0.1, 0.15) is 0 Å². The van der Waals surface area contributed by atoms with E-state index in [1.165, 1.54) is 12.8 Å². The van der Waals surface area contributed by atoms with Crippen LogP contribution in [0.5, 0.6) is 0 Å². The van der Waals surface area contributed by atoms with E-state index in [0.717, 1.165) is 31.9 Å². The van der Waals surface area contributed by atoms with Crippen molar-refractivity contribution >= 4 is 43.2 Å². The maximum absolute atomic E-state index is 10.4. The van der Waals surface area contributed by atoms with Crippen molar-refractivity contribution in [3.8, 4) is 0 Å². The molecule has 2 rings (SSSR count). The lowest BCUT2D eigenvalue weighted by Crippen LogP contribution is -2.19. The van der Waals surface area contributed by atoms with Crippen LogP contribution in [0.1, 0.15) is 44.3 Å². The molecule has 1 aromatic heterocycles. The molecule has 0 saturated heterocycles. The number of aliphatic hydroxyl groups is 1. The number of halogens is 2. The van der Waals surface area contributed by atoms with Crippen LogP contribution in [0.3, 0.4) is 0 Å². The predicted molar refractivity (Wildman–Crippen MR) is 75.8 cm³/mol. The maximum atomic E-state index is 10.4. The second-order valence-corrected chi connectivity index (χ2v) is 8.49. The van der Waals surface area contributed by atoms with Crippen LogP contribution in [0.4, 0.5) is 0 Å². The van der Waals surface area contributed by atoms with Crippen molar-refractivity contribution in [2.45, 2.75) is 38.7 Å². The SMILES string of the molecule is CC1CCC(C(O)c2cc(Br)sc2Br)CC1. The van der Waals surface area contributed by atoms with Gasteiger partial charge in [-0.1, -0.05) is 19.8 Å². The minimum Gasteiger partial charge on any atom is -0.388 e. The molecule has 4 heteroatoms. The highest BCUT2D eigenvalue weighted by atomic mass is 79.9. The van der Waals surface area contributed by atoms with Gasteiger partial charge in [-0.2, -0.15) is 0 Å². The highest BCUT2D eigenvalue weighted by Gasteiger charge is 2.27. The number of hydrogen-bond acceptors (Lipinski definition) is 2. The predicted octanol–water partition coefficient (Wildman–Crippen LogP) is 5.13. The monoisotopic (exact) mass is 366 g/mol. The Morgan fingerprint density at radius 3 is 2.44 bits per heavy atom. The lowest BCUT2D eigenvalue weighted by atomic mass is 9.79. The van der Waals surface area contributed by atoms with E-state index in [1.54, 1.807) is 11.3 Å². The van der Waals surface area contributed by atoms with Gasteiger partial charge in [0, 0.05) is 5.56 Å². The van der Waals surface area contributed by atoms with Crippen LogP contribution in [0.15, 0.2) is 13.6 Å². The smallest absolute Gasteiger partial charge is 0.0837 e. The molecule has 1 unspecified atom stereocenters. The van der Waals surface area contributed by atoms with Crippen LogP contribution in [0.25, 0.3) is 0 Å². The van der Waals surface area contributed by atoms with Crippen molar-refractivity contribution in [1.82, 2.24) is 0 Å². The van der Waals surface area contributed by atoms with Crippen LogP contribution in [-0.2, 0) is 0 Å². The first kappa shape index (κ1) is 13.1. The Kier molecular flexibility index (Phi) is 4.50. The van der Waals surface area contributed by atoms with Crippen molar-refractivity contribution in [3.05, 3.63) is 19.2 Å². The molecule has 1 saturated carbocycles. The van der Waals surface area contributed by atoms with Crippen LogP contribution in [0, 0.1) is 11.8 Å². The molecule has 1 aliphatic carbocycles. The van der Waals surface area contributed by atoms with Crippen LogP contribution < -0.4 is 0 Å². The minimum atomic E-state index is -0.301. The normalized spacial score (nSPS) is 28.0. The molecule has 0 bridgehead atoms. The highest BCUT2D eigenvalue weighted by Crippen LogP contribution is 2.42. The van der Waals surface area contributed by atoms with E-state index in [0.29, 0.717) is 5.92 Å². The summed E-state index contributed by atoms with van der Waals surface area (Å²) in [5.74, 6) is 1.27. The van der Waals surface area contributed by atoms with Gasteiger partial charge in [-0.15, -0.1) is 11.3 Å². The third-order valence-electron chi connectivity index (χ3n) is 3.51. The Labute approximate surface area is 118 Å². The van der Waals surface area contributed by atoms with Gasteiger partial charge in [-0.3, -0.25) is 0 Å². The summed E-state index contributed by atoms with van der Waals surface area (Å²) in [5, 5.41) is 10.4. The van der Waals surface area contributed by atoms with E-state index in [9.17, 15) is 5.11 Å². The van der Waals surface area contributed by atoms with Crippen LogP contribution in [-0.4, -0.2) is 5.11 Å². The Morgan fingerprint density at radius 2 is 1.94 bits per heavy atom. The average molecular weight is 368 g/mol. The first-order valence-corrected chi connectivity index (χ1v) is 8.11. The summed E-state index contributed by atoms with van der Waals surface area (Å²) < 4.78 is 2.14. The summed E-state index contributed by atoms with van der Waals surface area (Å²) in [6, 6.07) is 2.04. The number of thiophene rings is 1. The average Bonchev–Trinajstić information content (AvgIpc) is 2.58. The van der Waals surface area contributed by atoms with Crippen molar-refractivity contribution in [3.63, 3.8) is 0 Å². The molecule has 0 amide bonds. The molecule has 1 fully saturated rings. The fourth-order valence-electron chi connectivity index (χ4n) is 2.41. The van der Waals surface area contributed by atoms with E-state index < -0.39 is 0 Å². The zero-order valence-electron chi connectivity index (χ0n) is 9.25. The molecule has 90 valence electrons. The van der Waals surface area contributed by atoms with E-state index in [2.05, 4.69) is 38.8 Å². The van der Waals surface area contributed by atoms with Gasteiger partial charge < -0.3 is 5.11 Å². The van der Waals surface area contributed by atoms with E-state index in [-0.39, 0.29) is 6.10 Å². The summed E-state index contributed by atoms with van der Waals surface area (Å²) in [4.78, 5) is 0. The van der Waals surface area contributed by atoms with Gasteiger partial charge in [0.2, 0.25) is 0 Å². The number of aliphatic hydroxyl groups excluding tert-OH is 1. The Balaban J connectivity index is 2.07. The molecule has 1 aliphatic rings. The third-order valence-corrected chi connectivity index (χ3v) is 5.89. The molecule has 1 atom stereocenters. The first-order valence-electron chi connectivity index (χ1n) is 5.70. The lowest BCUT2D eigenvalue weighted by molar-refractivity contribution is 0.0754. The van der Waals surface area contributed by atoms with Gasteiger partial charge >= 0.3 is 0 Å². The minimum absolute atomic E-state index is 0.301. The number of rotatable bonds is 2. The molecule has 0 radical (unpaired) electrons. The molecule has 1 heterocycles. The van der Waals surface area contributed by atoms with Crippen LogP contribution >= 0.6 is 43.2 Å². The van der Waals surface area contributed by atoms with E-state index in [1.807, 2.05) is 6.07 Å². The van der Waals surface area contributed by atoms with Gasteiger partial charge in [-0.25, -0.2) is 0 Å². The zero-order chi connectivity index (χ0) is 11.7. The van der Waals surface area contributed by atoms with Crippen molar-refractivity contribution in [2.75, 3.05) is 0 Å². The topological polar surface area (TPSA) is 20.2 Å². The maximum Gasteiger partial charge on any atom is 0.0837 e. The van der Waals surface area contributed by atoms with E-state index in [4.69, 9.17) is 0 Å². The van der Waals surface area contributed by atoms with E-state index >= 15 is 0 Å². The second kappa shape index (κ2) is 5.51. The largest absolute Gasteiger partial charge is 0.388 e. The fraction of sp³-hybridized carbons (Fsp3) is 0.667. The van der Waals surface area contributed by atoms with Crippen LogP contribution in [0.2, 0.25) is 0 Å². The summed E-state index contributed by atoms with van der Waals surface area (Å²) in [7, 11) is 0. The molecule has 16 heavy (non-hydrogen) atoms. The van der Waals surface area contributed by atoms with Gasteiger partial charge in [0.05, 0.1) is 13.7 Å². The van der Waals surface area contributed by atoms with Crippen molar-refractivity contribution in [1.29, 1.82) is 0 Å². The quantitative estimate of drug-likeness (QED) is 0.767. The molecule has 0 aliphatic heterocycles. The Morgan fingerprint density at radius 1 is 1.31 bits per heavy atom. The zero-order valence-corrected chi connectivity index (χ0v) is 13.2. The molecule has 1 N–H and O–H groups in total. The fourth-order valence-corrected chi connectivity index (χ4v) is 5.32. The molecule has 1 nitrogen and oxygen atoms in total. The van der Waals surface area contributed by atoms with Crippen molar-refractivity contribution < 1.29 is 5.11 Å². The summed E-state index contributed by atoms with van der Waals surface area (Å²) >= 11 is 8.62. The number of hydrogen-bond donors (Lipinski definition) is 1. The van der Waals surface area contributed by atoms with Gasteiger partial charge in [-0.05, 0) is 62.6 Å². The second-order valence-electron chi connectivity index (χ2n) is 4.74. The molecule has 0 aromatic carbocycles. The third kappa shape index (κ3) is 2.89. The summed E-state index contributed by atoms with van der Waals surface area (Å²) in [6.45, 7) is 2.31. The van der Waals surface area contributed by atoms with Gasteiger partial charge in [0.25, 0.3) is 0 Å². The highest BCUT2D eigenvalue weighted by molar-refractivity contribution is 9.12.